The van der Waals surface area contributed by atoms with E-state index in [-0.39, 0.29) is 6.15 Å². The molecule has 0 saturated heterocycles. The summed E-state index contributed by atoms with van der Waals surface area (Å²) in [4.78, 5) is 129. The molecule has 21 N–H and O–H groups in total. The molecule has 200 valence electrons. The molecule has 0 aromatic rings. The van der Waals surface area contributed by atoms with Gasteiger partial charge in [0.15, 0.2) is 0 Å². The van der Waals surface area contributed by atoms with Crippen molar-refractivity contribution in [1.82, 2.24) is 6.15 Å². The summed E-state index contributed by atoms with van der Waals surface area (Å²) in [5.74, 6) is 0. The van der Waals surface area contributed by atoms with Crippen LogP contribution in [0.1, 0.15) is 0 Å². The highest BCUT2D eigenvalue weighted by Crippen LogP contribution is 2.27. The fourth-order valence-electron chi connectivity index (χ4n) is 0. The van der Waals surface area contributed by atoms with E-state index in [0.717, 1.165) is 0 Å². The van der Waals surface area contributed by atoms with E-state index < -0.39 is 46.9 Å². The standard InChI is InChI=1S/H3N.6H3O4P/c;6*1-5(2,3)4/h1H3;6*(H3,1,2,3,4). The van der Waals surface area contributed by atoms with Crippen LogP contribution in [-0.2, 0) is 27.4 Å². The average Bonchev–Trinajstić information content (AvgIpc) is 1.94. The summed E-state index contributed by atoms with van der Waals surface area (Å²) in [7, 11) is -27.8. The minimum absolute atomic E-state index is 0. The molecule has 0 rings (SSSR count). The second-order valence-corrected chi connectivity index (χ2v) is 9.24. The molecule has 0 aliphatic rings. The maximum atomic E-state index is 8.88. The van der Waals surface area contributed by atoms with Crippen LogP contribution >= 0.6 is 46.9 Å². The van der Waals surface area contributed by atoms with Gasteiger partial charge < -0.3 is 94.2 Å². The van der Waals surface area contributed by atoms with E-state index in [0.29, 0.717) is 0 Å². The Morgan fingerprint density at radius 2 is 0.226 bits per heavy atom. The molecule has 0 bridgehead atoms. The van der Waals surface area contributed by atoms with Crippen LogP contribution in [0.4, 0.5) is 0 Å². The third-order valence-electron chi connectivity index (χ3n) is 0. The van der Waals surface area contributed by atoms with E-state index in [2.05, 4.69) is 0 Å². The number of rotatable bonds is 0. The molecule has 0 unspecified atom stereocenters. The third kappa shape index (κ3) is 65200. The van der Waals surface area contributed by atoms with Crippen LogP contribution in [0.5, 0.6) is 0 Å². The summed E-state index contributed by atoms with van der Waals surface area (Å²) in [6, 6.07) is 0. The van der Waals surface area contributed by atoms with Crippen LogP contribution in [0.25, 0.3) is 0 Å². The van der Waals surface area contributed by atoms with Gasteiger partial charge in [0.2, 0.25) is 0 Å². The van der Waals surface area contributed by atoms with Crippen molar-refractivity contribution < 1.29 is 115 Å². The average molecular weight is 605 g/mol. The molecular formula is H21NO24P6. The number of hydrogen-bond donors (Lipinski definition) is 19. The molecule has 31 heteroatoms. The molecule has 0 radical (unpaired) electrons. The lowest BCUT2D eigenvalue weighted by molar-refractivity contribution is 0.272. The van der Waals surface area contributed by atoms with Gasteiger partial charge in [-0.1, -0.05) is 0 Å². The molecule has 0 fully saturated rings. The first-order valence-electron chi connectivity index (χ1n) is 4.70. The second kappa shape index (κ2) is 20.0. The minimum Gasteiger partial charge on any atom is -0.344 e. The largest absolute Gasteiger partial charge is 0.466 e. The molecule has 0 atom stereocenters. The van der Waals surface area contributed by atoms with Crippen molar-refractivity contribution in [3.05, 3.63) is 0 Å². The Bertz CT molecular complexity index is 460. The number of hydrogen-bond acceptors (Lipinski definition) is 7. The van der Waals surface area contributed by atoms with Gasteiger partial charge in [-0.05, 0) is 0 Å². The number of phosphoric acid groups is 6. The summed E-state index contributed by atoms with van der Waals surface area (Å²) in [6.07, 6.45) is 0. The zero-order valence-electron chi connectivity index (χ0n) is 13.9. The summed E-state index contributed by atoms with van der Waals surface area (Å²) >= 11 is 0. The topological polar surface area (TPSA) is 502 Å². The highest BCUT2D eigenvalue weighted by atomic mass is 31.2. The Kier molecular flexibility index (Phi) is 31.6. The quantitative estimate of drug-likeness (QED) is 0.115. The molecule has 0 heterocycles. The van der Waals surface area contributed by atoms with Gasteiger partial charge in [-0.15, -0.1) is 0 Å². The SMILES string of the molecule is N.O=P(O)(O)O.O=P(O)(O)O.O=P(O)(O)O.O=P(O)(O)O.O=P(O)(O)O.O=P(O)(O)O. The first-order valence-corrected chi connectivity index (χ1v) is 14.1. The van der Waals surface area contributed by atoms with Crippen molar-refractivity contribution in [2.45, 2.75) is 0 Å². The molecular weight excluding hydrogens is 584 g/mol. The van der Waals surface area contributed by atoms with E-state index in [1.54, 1.807) is 0 Å². The summed E-state index contributed by atoms with van der Waals surface area (Å²) in [6.45, 7) is 0. The van der Waals surface area contributed by atoms with Crippen molar-refractivity contribution in [3.8, 4) is 0 Å². The van der Waals surface area contributed by atoms with Gasteiger partial charge in [-0.25, -0.2) is 27.4 Å². The summed E-state index contributed by atoms with van der Waals surface area (Å²) in [5.41, 5.74) is 0. The Hall–Kier alpha value is 0.620. The molecule has 0 amide bonds. The molecule has 0 aliphatic carbocycles. The van der Waals surface area contributed by atoms with Crippen molar-refractivity contribution in [2.75, 3.05) is 0 Å². The Morgan fingerprint density at radius 3 is 0.226 bits per heavy atom. The lowest BCUT2D eigenvalue weighted by Gasteiger charge is -1.82. The maximum Gasteiger partial charge on any atom is 0.466 e. The van der Waals surface area contributed by atoms with E-state index in [1.165, 1.54) is 0 Å². The molecule has 25 nitrogen and oxygen atoms in total. The Balaban J connectivity index is -0.0000000443. The predicted octanol–water partition coefficient (Wildman–Crippen LogP) is -5.41. The molecule has 31 heavy (non-hydrogen) atoms. The van der Waals surface area contributed by atoms with Gasteiger partial charge in [-0.3, -0.25) is 0 Å². The zero-order chi connectivity index (χ0) is 27.0. The van der Waals surface area contributed by atoms with E-state index in [4.69, 9.17) is 115 Å². The lowest BCUT2D eigenvalue weighted by atomic mass is 14.0. The van der Waals surface area contributed by atoms with Crippen LogP contribution in [0.3, 0.4) is 0 Å². The zero-order valence-corrected chi connectivity index (χ0v) is 19.3. The first-order chi connectivity index (χ1) is 12.0. The van der Waals surface area contributed by atoms with E-state index in [1.807, 2.05) is 0 Å². The van der Waals surface area contributed by atoms with Crippen molar-refractivity contribution in [2.24, 2.45) is 0 Å². The van der Waals surface area contributed by atoms with E-state index >= 15 is 0 Å². The highest BCUT2D eigenvalue weighted by Gasteiger charge is 2.02. The van der Waals surface area contributed by atoms with Gasteiger partial charge in [0.1, 0.15) is 0 Å². The van der Waals surface area contributed by atoms with Crippen LogP contribution in [-0.4, -0.2) is 88.1 Å². The van der Waals surface area contributed by atoms with Gasteiger partial charge in [-0.2, -0.15) is 0 Å². The normalized spacial score (nSPS) is 11.4. The molecule has 0 spiro atoms. The van der Waals surface area contributed by atoms with Gasteiger partial charge in [0.25, 0.3) is 0 Å². The van der Waals surface area contributed by atoms with Gasteiger partial charge >= 0.3 is 46.9 Å². The first kappa shape index (κ1) is 48.9. The summed E-state index contributed by atoms with van der Waals surface area (Å²) in [5, 5.41) is 0. The Labute approximate surface area is 169 Å². The molecule has 0 saturated carbocycles. The van der Waals surface area contributed by atoms with Crippen LogP contribution in [0.15, 0.2) is 0 Å². The van der Waals surface area contributed by atoms with Crippen LogP contribution in [0.2, 0.25) is 0 Å². The fraction of sp³-hybridized carbons (Fsp3) is 0. The molecule has 0 aromatic carbocycles. The maximum absolute atomic E-state index is 8.88. The van der Waals surface area contributed by atoms with E-state index in [9.17, 15) is 0 Å². The molecule has 0 aliphatic heterocycles. The second-order valence-electron chi connectivity index (χ2n) is 3.08. The van der Waals surface area contributed by atoms with Crippen LogP contribution in [0, 0.1) is 0 Å². The molecule has 0 aromatic heterocycles. The van der Waals surface area contributed by atoms with Gasteiger partial charge in [0, 0.05) is 0 Å². The van der Waals surface area contributed by atoms with Gasteiger partial charge in [0.05, 0.1) is 0 Å². The van der Waals surface area contributed by atoms with Crippen LogP contribution < -0.4 is 6.15 Å². The van der Waals surface area contributed by atoms with Crippen molar-refractivity contribution >= 4 is 46.9 Å². The fourth-order valence-corrected chi connectivity index (χ4v) is 0. The van der Waals surface area contributed by atoms with Crippen molar-refractivity contribution in [1.29, 1.82) is 0 Å². The highest BCUT2D eigenvalue weighted by molar-refractivity contribution is 7.46. The monoisotopic (exact) mass is 605 g/mol. The minimum atomic E-state index is -4.64. The third-order valence-corrected chi connectivity index (χ3v) is 0. The lowest BCUT2D eigenvalue weighted by Crippen LogP contribution is -1.66. The van der Waals surface area contributed by atoms with Crippen molar-refractivity contribution in [3.63, 3.8) is 0 Å². The Morgan fingerprint density at radius 1 is 0.226 bits per heavy atom. The predicted molar refractivity (Wildman–Crippen MR) is 90.6 cm³/mol. The summed E-state index contributed by atoms with van der Waals surface area (Å²) < 4.78 is 53.3. The smallest absolute Gasteiger partial charge is 0.344 e.